The number of rotatable bonds is 2. The number of nitrogens with two attached hydrogens (primary N) is 2. The molecule has 0 aliphatic heterocycles. The van der Waals surface area contributed by atoms with E-state index in [2.05, 4.69) is 11.5 Å². The Labute approximate surface area is 173 Å². The quantitative estimate of drug-likeness (QED) is 0.380. The Morgan fingerprint density at radius 1 is 0.455 bits per heavy atom. The highest BCUT2D eigenvalue weighted by atomic mass is 19.3. The topological polar surface area (TPSA) is 52.0 Å². The molecule has 0 aromatic rings. The lowest BCUT2D eigenvalue weighted by Crippen LogP contribution is -2.87. The van der Waals surface area contributed by atoms with Crippen LogP contribution >= 0.6 is 0 Å². The average molecular weight is 526 g/mol. The lowest BCUT2D eigenvalue weighted by Gasteiger charge is -2.61. The van der Waals surface area contributed by atoms with E-state index < -0.39 is 90.6 Å². The summed E-state index contributed by atoms with van der Waals surface area (Å²) in [6, 6.07) is 0. The van der Waals surface area contributed by atoms with Gasteiger partial charge in [-0.15, -0.1) is 0 Å². The summed E-state index contributed by atoms with van der Waals surface area (Å²) in [6.45, 7) is -1.40. The normalized spacial score (nSPS) is 45.5. The van der Waals surface area contributed by atoms with Crippen molar-refractivity contribution in [2.75, 3.05) is 0 Å². The van der Waals surface area contributed by atoms with Crippen LogP contribution < -0.4 is 11.5 Å². The summed E-state index contributed by atoms with van der Waals surface area (Å²) in [5.41, 5.74) is -9.57. The van der Waals surface area contributed by atoms with E-state index in [0.717, 1.165) is 0 Å². The van der Waals surface area contributed by atoms with E-state index in [1.165, 1.54) is 0 Å². The molecule has 0 amide bonds. The average Bonchev–Trinajstić information content (AvgIpc) is 2.57. The van der Waals surface area contributed by atoms with Crippen LogP contribution in [0.1, 0.15) is 26.7 Å². The number of halogens is 16. The van der Waals surface area contributed by atoms with Gasteiger partial charge in [-0.25, -0.2) is 35.1 Å². The highest BCUT2D eigenvalue weighted by Crippen LogP contribution is 2.73. The maximum absolute atomic E-state index is 15.4. The zero-order chi connectivity index (χ0) is 26.9. The number of hydrogen-bond donors (Lipinski definition) is 2. The van der Waals surface area contributed by atoms with Crippen molar-refractivity contribution < 1.29 is 70.2 Å². The zero-order valence-corrected chi connectivity index (χ0v) is 16.1. The van der Waals surface area contributed by atoms with Gasteiger partial charge < -0.3 is 0 Å². The van der Waals surface area contributed by atoms with Gasteiger partial charge in [0.2, 0.25) is 0 Å². The fourth-order valence-corrected chi connectivity index (χ4v) is 4.05. The van der Waals surface area contributed by atoms with Crippen LogP contribution in [0.25, 0.3) is 0 Å². The summed E-state index contributed by atoms with van der Waals surface area (Å²) in [4.78, 5) is 0. The van der Waals surface area contributed by atoms with Crippen LogP contribution in [0.3, 0.4) is 0 Å². The molecule has 2 aliphatic carbocycles. The van der Waals surface area contributed by atoms with E-state index in [1.807, 2.05) is 0 Å². The third-order valence-corrected chi connectivity index (χ3v) is 6.68. The van der Waals surface area contributed by atoms with Gasteiger partial charge in [0.25, 0.3) is 11.6 Å². The molecule has 0 spiro atoms. The van der Waals surface area contributed by atoms with E-state index in [9.17, 15) is 61.5 Å². The van der Waals surface area contributed by atoms with Gasteiger partial charge >= 0.3 is 35.5 Å². The predicted octanol–water partition coefficient (Wildman–Crippen LogP) is 5.30. The molecule has 2 saturated carbocycles. The van der Waals surface area contributed by atoms with E-state index in [0.29, 0.717) is 0 Å². The summed E-state index contributed by atoms with van der Waals surface area (Å²) in [6.07, 6.45) is -7.30. The largest absolute Gasteiger partial charge is 0.365 e. The maximum atomic E-state index is 15.4. The highest BCUT2D eigenvalue weighted by Gasteiger charge is 2.97. The van der Waals surface area contributed by atoms with Gasteiger partial charge in [-0.3, -0.25) is 11.5 Å². The molecule has 0 aromatic carbocycles. The summed E-state index contributed by atoms with van der Waals surface area (Å²) in [7, 11) is 0. The Kier molecular flexibility index (Phi) is 5.21. The zero-order valence-electron chi connectivity index (χ0n) is 16.1. The standard InChI is InChI=1S/C15H14F16N2/c1-5(2,6(16)3-8(18,19)14(30,32)12(26,27)10(6,22)23)7(17)4-9(20,21)15(31,33)13(28,29)11(7,24)25/h3-4,32-33H2,1-2H3. The summed E-state index contributed by atoms with van der Waals surface area (Å²) in [5, 5.41) is 0. The van der Waals surface area contributed by atoms with Gasteiger partial charge in [0.15, 0.2) is 11.3 Å². The van der Waals surface area contributed by atoms with E-state index in [-0.39, 0.29) is 0 Å². The van der Waals surface area contributed by atoms with Crippen LogP contribution in [0.15, 0.2) is 0 Å². The first-order chi connectivity index (χ1) is 13.9. The van der Waals surface area contributed by atoms with Crippen molar-refractivity contribution in [3.63, 3.8) is 0 Å². The first kappa shape index (κ1) is 28.0. The van der Waals surface area contributed by atoms with Gasteiger partial charge in [-0.1, -0.05) is 13.8 Å². The van der Waals surface area contributed by atoms with Crippen molar-refractivity contribution in [3.8, 4) is 0 Å². The minimum absolute atomic E-state index is 0.698. The molecule has 0 heterocycles. The smallest absolute Gasteiger partial charge is 0.289 e. The summed E-state index contributed by atoms with van der Waals surface area (Å²) in [5.74, 6) is -52.4. The van der Waals surface area contributed by atoms with Crippen molar-refractivity contribution in [3.05, 3.63) is 0 Å². The Morgan fingerprint density at radius 3 is 0.879 bits per heavy atom. The molecule has 2 fully saturated rings. The second-order valence-corrected chi connectivity index (χ2v) is 8.71. The third kappa shape index (κ3) is 2.51. The second kappa shape index (κ2) is 6.13. The molecular weight excluding hydrogens is 512 g/mol. The lowest BCUT2D eigenvalue weighted by molar-refractivity contribution is -0.444. The second-order valence-electron chi connectivity index (χ2n) is 8.71. The molecule has 0 radical (unpaired) electrons. The van der Waals surface area contributed by atoms with Gasteiger partial charge in [0.05, 0.1) is 12.8 Å². The molecule has 18 heteroatoms. The SMILES string of the molecule is CC(C)(C1(F)CC(F)(F)C(N)(F)C(F)(F)C1(F)F)C1(F)CC(F)(F)C(N)(F)C(F)(F)C1(F)F. The van der Waals surface area contributed by atoms with Crippen LogP contribution in [0, 0.1) is 5.41 Å². The predicted molar refractivity (Wildman–Crippen MR) is 76.4 cm³/mol. The van der Waals surface area contributed by atoms with Crippen molar-refractivity contribution >= 4 is 0 Å². The Bertz CT molecular complexity index is 768. The summed E-state index contributed by atoms with van der Waals surface area (Å²) >= 11 is 0. The van der Waals surface area contributed by atoms with Crippen LogP contribution in [-0.2, 0) is 0 Å². The third-order valence-electron chi connectivity index (χ3n) is 6.68. The highest BCUT2D eigenvalue weighted by molar-refractivity contribution is 5.31. The molecule has 0 bridgehead atoms. The molecule has 4 atom stereocenters. The van der Waals surface area contributed by atoms with Gasteiger partial charge in [0.1, 0.15) is 0 Å². The molecule has 2 rings (SSSR count). The first-order valence-electron chi connectivity index (χ1n) is 8.52. The molecule has 4 N–H and O–H groups in total. The fourth-order valence-electron chi connectivity index (χ4n) is 4.05. The molecule has 0 saturated heterocycles. The Balaban J connectivity index is 2.91. The minimum Gasteiger partial charge on any atom is -0.289 e. The van der Waals surface area contributed by atoms with Crippen LogP contribution in [0.4, 0.5) is 70.2 Å². The maximum Gasteiger partial charge on any atom is 0.365 e. The van der Waals surface area contributed by atoms with Gasteiger partial charge in [-0.05, 0) is 0 Å². The lowest BCUT2D eigenvalue weighted by atomic mass is 9.52. The molecule has 2 nitrogen and oxygen atoms in total. The monoisotopic (exact) mass is 526 g/mol. The molecule has 4 unspecified atom stereocenters. The number of hydrogen-bond acceptors (Lipinski definition) is 2. The van der Waals surface area contributed by atoms with Crippen molar-refractivity contribution in [1.82, 2.24) is 0 Å². The van der Waals surface area contributed by atoms with Crippen LogP contribution in [-0.4, -0.2) is 58.5 Å². The summed E-state index contributed by atoms with van der Waals surface area (Å²) < 4.78 is 227. The van der Waals surface area contributed by atoms with Gasteiger partial charge in [-0.2, -0.15) is 35.1 Å². The fraction of sp³-hybridized carbons (Fsp3) is 1.00. The van der Waals surface area contributed by atoms with Crippen molar-refractivity contribution in [1.29, 1.82) is 0 Å². The molecule has 33 heavy (non-hydrogen) atoms. The van der Waals surface area contributed by atoms with Crippen LogP contribution in [0.2, 0.25) is 0 Å². The van der Waals surface area contributed by atoms with E-state index in [4.69, 9.17) is 0 Å². The van der Waals surface area contributed by atoms with E-state index in [1.54, 1.807) is 0 Å². The first-order valence-corrected chi connectivity index (χ1v) is 8.52. The Hall–Kier alpha value is -1.20. The van der Waals surface area contributed by atoms with E-state index >= 15 is 8.78 Å². The minimum atomic E-state index is -7.03. The van der Waals surface area contributed by atoms with Crippen molar-refractivity contribution in [2.45, 2.75) is 85.1 Å². The van der Waals surface area contributed by atoms with Crippen molar-refractivity contribution in [2.24, 2.45) is 16.9 Å². The molecule has 196 valence electrons. The van der Waals surface area contributed by atoms with Crippen LogP contribution in [0.5, 0.6) is 0 Å². The molecule has 2 aliphatic rings. The Morgan fingerprint density at radius 2 is 0.667 bits per heavy atom. The number of alkyl halides is 16. The van der Waals surface area contributed by atoms with Gasteiger partial charge in [0, 0.05) is 5.41 Å². The molecule has 0 aromatic heterocycles. The molecular formula is C15H14F16N2.